The predicted molar refractivity (Wildman–Crippen MR) is 110 cm³/mol. The largest absolute Gasteiger partial charge is 0.348 e. The summed E-state index contributed by atoms with van der Waals surface area (Å²) in [5, 5.41) is 7.83. The SMILES string of the molecule is CCC(C)NC(=O)c1cc(-c2ccc(C)c(C)c2)nn1-c1cccc(C)c1. The van der Waals surface area contributed by atoms with E-state index in [1.807, 2.05) is 44.2 Å². The third-order valence-corrected chi connectivity index (χ3v) is 4.98. The molecule has 0 spiro atoms. The lowest BCUT2D eigenvalue weighted by molar-refractivity contribution is 0.0931. The van der Waals surface area contributed by atoms with E-state index in [-0.39, 0.29) is 11.9 Å². The fourth-order valence-corrected chi connectivity index (χ4v) is 2.94. The van der Waals surface area contributed by atoms with E-state index in [0.717, 1.165) is 28.9 Å². The van der Waals surface area contributed by atoms with Crippen molar-refractivity contribution in [2.75, 3.05) is 0 Å². The molecule has 1 aromatic heterocycles. The van der Waals surface area contributed by atoms with Gasteiger partial charge in [-0.1, -0.05) is 31.2 Å². The summed E-state index contributed by atoms with van der Waals surface area (Å²) in [6, 6.07) is 16.3. The molecule has 3 rings (SSSR count). The highest BCUT2D eigenvalue weighted by Crippen LogP contribution is 2.24. The van der Waals surface area contributed by atoms with E-state index in [1.54, 1.807) is 4.68 Å². The van der Waals surface area contributed by atoms with Gasteiger partial charge in [0.15, 0.2) is 0 Å². The first-order chi connectivity index (χ1) is 12.9. The molecule has 0 saturated carbocycles. The van der Waals surface area contributed by atoms with Gasteiger partial charge in [0.05, 0.1) is 11.4 Å². The molecule has 0 aliphatic heterocycles. The Bertz CT molecular complexity index is 972. The van der Waals surface area contributed by atoms with Crippen LogP contribution < -0.4 is 5.32 Å². The molecule has 3 aromatic rings. The Morgan fingerprint density at radius 1 is 1.07 bits per heavy atom. The number of amides is 1. The maximum absolute atomic E-state index is 12.9. The standard InChI is InChI=1S/C23H27N3O/c1-6-18(5)24-23(27)22-14-21(19-11-10-16(3)17(4)13-19)25-26(22)20-9-7-8-15(2)12-20/h7-14,18H,6H2,1-5H3,(H,24,27). The van der Waals surface area contributed by atoms with Gasteiger partial charge >= 0.3 is 0 Å². The van der Waals surface area contributed by atoms with Crippen LogP contribution in [0.5, 0.6) is 0 Å². The van der Waals surface area contributed by atoms with Crippen molar-refractivity contribution in [2.45, 2.75) is 47.1 Å². The first kappa shape index (κ1) is 18.9. The van der Waals surface area contributed by atoms with Crippen molar-refractivity contribution in [1.82, 2.24) is 15.1 Å². The summed E-state index contributed by atoms with van der Waals surface area (Å²) >= 11 is 0. The van der Waals surface area contributed by atoms with Crippen LogP contribution in [-0.4, -0.2) is 21.7 Å². The number of hydrogen-bond donors (Lipinski definition) is 1. The summed E-state index contributed by atoms with van der Waals surface area (Å²) in [4.78, 5) is 12.9. The number of carbonyl (C=O) groups excluding carboxylic acids is 1. The summed E-state index contributed by atoms with van der Waals surface area (Å²) in [6.45, 7) is 10.3. The fourth-order valence-electron chi connectivity index (χ4n) is 2.94. The molecule has 0 saturated heterocycles. The van der Waals surface area contributed by atoms with Gasteiger partial charge in [0, 0.05) is 11.6 Å². The van der Waals surface area contributed by atoms with Crippen LogP contribution >= 0.6 is 0 Å². The molecule has 4 heteroatoms. The molecule has 0 bridgehead atoms. The Morgan fingerprint density at radius 3 is 2.52 bits per heavy atom. The lowest BCUT2D eigenvalue weighted by atomic mass is 10.0. The first-order valence-electron chi connectivity index (χ1n) is 9.44. The minimum atomic E-state index is -0.103. The van der Waals surface area contributed by atoms with E-state index < -0.39 is 0 Å². The van der Waals surface area contributed by atoms with Crippen LogP contribution in [0.2, 0.25) is 0 Å². The summed E-state index contributed by atoms with van der Waals surface area (Å²) in [6.07, 6.45) is 0.883. The third kappa shape index (κ3) is 4.11. The smallest absolute Gasteiger partial charge is 0.270 e. The second kappa shape index (κ2) is 7.78. The van der Waals surface area contributed by atoms with Crippen molar-refractivity contribution in [1.29, 1.82) is 0 Å². The Kier molecular flexibility index (Phi) is 5.45. The van der Waals surface area contributed by atoms with Gasteiger partial charge in [0.1, 0.15) is 5.69 Å². The molecule has 0 fully saturated rings. The highest BCUT2D eigenvalue weighted by Gasteiger charge is 2.19. The number of aryl methyl sites for hydroxylation is 3. The topological polar surface area (TPSA) is 46.9 Å². The van der Waals surface area contributed by atoms with Crippen LogP contribution in [-0.2, 0) is 0 Å². The number of nitrogens with zero attached hydrogens (tertiary/aromatic N) is 2. The maximum Gasteiger partial charge on any atom is 0.270 e. The molecule has 27 heavy (non-hydrogen) atoms. The van der Waals surface area contributed by atoms with E-state index >= 15 is 0 Å². The van der Waals surface area contributed by atoms with Crippen molar-refractivity contribution in [2.24, 2.45) is 0 Å². The van der Waals surface area contributed by atoms with Crippen LogP contribution in [0, 0.1) is 20.8 Å². The van der Waals surface area contributed by atoms with Gasteiger partial charge in [-0.2, -0.15) is 5.10 Å². The molecule has 140 valence electrons. The molecule has 0 radical (unpaired) electrons. The molecular formula is C23H27N3O. The van der Waals surface area contributed by atoms with Gasteiger partial charge in [0.2, 0.25) is 0 Å². The molecule has 2 aromatic carbocycles. The number of nitrogens with one attached hydrogen (secondary N) is 1. The molecule has 1 atom stereocenters. The number of hydrogen-bond acceptors (Lipinski definition) is 2. The highest BCUT2D eigenvalue weighted by molar-refractivity contribution is 5.94. The zero-order valence-corrected chi connectivity index (χ0v) is 16.7. The molecule has 1 amide bonds. The van der Waals surface area contributed by atoms with Crippen molar-refractivity contribution in [3.8, 4) is 16.9 Å². The molecule has 1 unspecified atom stereocenters. The average Bonchev–Trinajstić information content (AvgIpc) is 3.09. The zero-order chi connectivity index (χ0) is 19.6. The Morgan fingerprint density at radius 2 is 1.85 bits per heavy atom. The van der Waals surface area contributed by atoms with Crippen LogP contribution in [0.4, 0.5) is 0 Å². The number of aromatic nitrogens is 2. The van der Waals surface area contributed by atoms with Crippen molar-refractivity contribution < 1.29 is 4.79 Å². The normalized spacial score (nSPS) is 12.0. The third-order valence-electron chi connectivity index (χ3n) is 4.98. The lowest BCUT2D eigenvalue weighted by Gasteiger charge is -2.12. The summed E-state index contributed by atoms with van der Waals surface area (Å²) < 4.78 is 1.75. The number of carbonyl (C=O) groups is 1. The van der Waals surface area contributed by atoms with Gasteiger partial charge in [0.25, 0.3) is 5.91 Å². The molecular weight excluding hydrogens is 334 g/mol. The molecule has 4 nitrogen and oxygen atoms in total. The lowest BCUT2D eigenvalue weighted by Crippen LogP contribution is -2.33. The van der Waals surface area contributed by atoms with Crippen LogP contribution in [0.1, 0.15) is 47.4 Å². The van der Waals surface area contributed by atoms with Gasteiger partial charge < -0.3 is 5.32 Å². The highest BCUT2D eigenvalue weighted by atomic mass is 16.2. The predicted octanol–water partition coefficient (Wildman–Crippen LogP) is 4.99. The van der Waals surface area contributed by atoms with Crippen molar-refractivity contribution >= 4 is 5.91 Å². The van der Waals surface area contributed by atoms with E-state index in [4.69, 9.17) is 5.10 Å². The zero-order valence-electron chi connectivity index (χ0n) is 16.7. The van der Waals surface area contributed by atoms with Gasteiger partial charge in [-0.25, -0.2) is 4.68 Å². The minimum absolute atomic E-state index is 0.103. The van der Waals surface area contributed by atoms with E-state index in [0.29, 0.717) is 5.69 Å². The van der Waals surface area contributed by atoms with Gasteiger partial charge in [-0.3, -0.25) is 4.79 Å². The van der Waals surface area contributed by atoms with E-state index in [2.05, 4.69) is 44.3 Å². The number of rotatable bonds is 5. The Balaban J connectivity index is 2.10. The molecule has 1 heterocycles. The van der Waals surface area contributed by atoms with Crippen LogP contribution in [0.3, 0.4) is 0 Å². The molecule has 1 N–H and O–H groups in total. The van der Waals surface area contributed by atoms with Crippen molar-refractivity contribution in [3.63, 3.8) is 0 Å². The molecule has 0 aliphatic carbocycles. The van der Waals surface area contributed by atoms with E-state index in [1.165, 1.54) is 11.1 Å². The monoisotopic (exact) mass is 361 g/mol. The average molecular weight is 361 g/mol. The summed E-state index contributed by atoms with van der Waals surface area (Å²) in [7, 11) is 0. The quantitative estimate of drug-likeness (QED) is 0.696. The van der Waals surface area contributed by atoms with E-state index in [9.17, 15) is 4.79 Å². The first-order valence-corrected chi connectivity index (χ1v) is 9.44. The summed E-state index contributed by atoms with van der Waals surface area (Å²) in [5.41, 5.74) is 6.84. The second-order valence-electron chi connectivity index (χ2n) is 7.25. The Labute approximate surface area is 161 Å². The summed E-state index contributed by atoms with van der Waals surface area (Å²) in [5.74, 6) is -0.103. The van der Waals surface area contributed by atoms with Crippen LogP contribution in [0.15, 0.2) is 48.5 Å². The van der Waals surface area contributed by atoms with Crippen molar-refractivity contribution in [3.05, 3.63) is 70.9 Å². The second-order valence-corrected chi connectivity index (χ2v) is 7.25. The minimum Gasteiger partial charge on any atom is -0.348 e. The van der Waals surface area contributed by atoms with Crippen LogP contribution in [0.25, 0.3) is 16.9 Å². The fraction of sp³-hybridized carbons (Fsp3) is 0.304. The van der Waals surface area contributed by atoms with Gasteiger partial charge in [-0.05, 0) is 75.1 Å². The number of benzene rings is 2. The Hall–Kier alpha value is -2.88. The van der Waals surface area contributed by atoms with Gasteiger partial charge in [-0.15, -0.1) is 0 Å². The molecule has 0 aliphatic rings. The maximum atomic E-state index is 12.9.